The van der Waals surface area contributed by atoms with E-state index in [-0.39, 0.29) is 10.8 Å². The van der Waals surface area contributed by atoms with Crippen molar-refractivity contribution in [1.82, 2.24) is 0 Å². The summed E-state index contributed by atoms with van der Waals surface area (Å²) in [6.45, 7) is 39.8. The lowest BCUT2D eigenvalue weighted by Gasteiger charge is -2.32. The fraction of sp³-hybridized carbons (Fsp3) is 0.340. The summed E-state index contributed by atoms with van der Waals surface area (Å²) >= 11 is 0. The molecule has 0 aliphatic carbocycles. The van der Waals surface area contributed by atoms with Crippen molar-refractivity contribution in [2.24, 2.45) is 0 Å². The van der Waals surface area contributed by atoms with E-state index in [1.165, 1.54) is 116 Å². The van der Waals surface area contributed by atoms with Gasteiger partial charge in [-0.1, -0.05) is 264 Å². The summed E-state index contributed by atoms with van der Waals surface area (Å²) in [5, 5.41) is 0. The minimum atomic E-state index is -0.409. The third kappa shape index (κ3) is 16.7. The SMILES string of the molecule is CCCCCCc1cc(-c2ccc(N(c3ccc(-c4ccc(B5OC(C)(C)C(C)(C)O5)cc4)cc3)c3ccc(-c4ccc(C(C)(C)C)cc4)cc3)cc2C)c(CCCCCC)cc1-c1ccc(N(c2ccc(-c3ccc(B4OC(C)(C)C(C)(C)O4)cc3)cc2)c2ccc(-c3ccc(C(C)(C)C)cc3)cc2)cc1C. The fourth-order valence-electron chi connectivity index (χ4n) is 15.3. The summed E-state index contributed by atoms with van der Waals surface area (Å²) < 4.78 is 25.7. The molecule has 2 aliphatic rings. The largest absolute Gasteiger partial charge is 0.494 e. The van der Waals surface area contributed by atoms with Gasteiger partial charge in [0.05, 0.1) is 22.4 Å². The molecule has 8 heteroatoms. The number of aryl methyl sites for hydroxylation is 4. The van der Waals surface area contributed by atoms with E-state index in [9.17, 15) is 0 Å². The summed E-state index contributed by atoms with van der Waals surface area (Å²) in [6, 6.07) is 91.5. The molecule has 6 nitrogen and oxygen atoms in total. The number of unbranched alkanes of at least 4 members (excludes halogenated alkanes) is 6. The summed E-state index contributed by atoms with van der Waals surface area (Å²) in [7, 11) is -0.817. The molecule has 0 aromatic heterocycles. The van der Waals surface area contributed by atoms with Gasteiger partial charge in [0.25, 0.3) is 0 Å². The van der Waals surface area contributed by atoms with Gasteiger partial charge < -0.3 is 28.4 Å². The molecule has 2 fully saturated rings. The lowest BCUT2D eigenvalue weighted by molar-refractivity contribution is 0.00578. The number of nitrogens with zero attached hydrogens (tertiary/aromatic N) is 2. The second kappa shape index (κ2) is 31.5. The molecule has 11 aromatic carbocycles. The average Bonchev–Trinajstić information content (AvgIpc) is 1.38. The van der Waals surface area contributed by atoms with Crippen LogP contribution in [0.15, 0.2) is 243 Å². The normalized spacial score (nSPS) is 15.2. The highest BCUT2D eigenvalue weighted by Crippen LogP contribution is 2.46. The Balaban J connectivity index is 0.856. The Hall–Kier alpha value is -9.01. The molecule has 2 aliphatic heterocycles. The Morgan fingerprint density at radius 2 is 0.519 bits per heavy atom. The third-order valence-corrected chi connectivity index (χ3v) is 23.7. The quantitative estimate of drug-likeness (QED) is 0.0444. The van der Waals surface area contributed by atoms with Crippen LogP contribution in [0.5, 0.6) is 0 Å². The van der Waals surface area contributed by atoms with Crippen molar-refractivity contribution in [3.63, 3.8) is 0 Å². The molecular weight excluding hydrogens is 1310 g/mol. The van der Waals surface area contributed by atoms with Crippen LogP contribution in [0.25, 0.3) is 66.8 Å². The van der Waals surface area contributed by atoms with Gasteiger partial charge in [0.1, 0.15) is 0 Å². The van der Waals surface area contributed by atoms with E-state index < -0.39 is 36.6 Å². The number of hydrogen-bond donors (Lipinski definition) is 0. The summed E-state index contributed by atoms with van der Waals surface area (Å²) in [5.74, 6) is 0. The standard InChI is InChI=1S/C100H114B2N2O4/c1-19-21-23-25-27-79-67-94(92-64-62-90(66-70(92)4)104(86-55-39-76(40-56-86)72-31-47-82(48-32-72)96(8,9)10)88-59-43-78(44-60-88)74-35-51-84(52-36-74)102-107-99(15,16)100(17,18)108-102)80(28-26-24-22-20-2)68-93(79)91-63-61-89(65-69(91)3)103(85-53-37-75(38-54-85)71-29-45-81(46-30-71)95(5,6)7)87-57-41-77(42-58-87)73-33-49-83(50-34-73)101-105-97(11,12)98(13,14)106-101/h29-68H,19-28H2,1-18H3. The third-order valence-electron chi connectivity index (χ3n) is 23.7. The molecule has 0 bridgehead atoms. The summed E-state index contributed by atoms with van der Waals surface area (Å²) in [6.07, 6.45) is 11.5. The van der Waals surface area contributed by atoms with Gasteiger partial charge in [-0.3, -0.25) is 0 Å². The highest BCUT2D eigenvalue weighted by Gasteiger charge is 2.53. The molecule has 0 amide bonds. The van der Waals surface area contributed by atoms with Gasteiger partial charge in [-0.05, 0) is 290 Å². The predicted octanol–water partition coefficient (Wildman–Crippen LogP) is 26.7. The molecule has 0 saturated carbocycles. The van der Waals surface area contributed by atoms with Crippen LogP contribution in [0.3, 0.4) is 0 Å². The molecule has 0 unspecified atom stereocenters. The van der Waals surface area contributed by atoms with Crippen molar-refractivity contribution in [3.8, 4) is 66.8 Å². The van der Waals surface area contributed by atoms with Crippen LogP contribution in [0.2, 0.25) is 0 Å². The Labute approximate surface area is 648 Å². The maximum absolute atomic E-state index is 6.43. The maximum atomic E-state index is 6.43. The molecular formula is C100H114B2N2O4. The molecule has 0 N–H and O–H groups in total. The first-order chi connectivity index (χ1) is 51.5. The molecule has 13 rings (SSSR count). The first kappa shape index (κ1) is 77.2. The second-order valence-electron chi connectivity index (χ2n) is 34.7. The molecule has 0 radical (unpaired) electrons. The van der Waals surface area contributed by atoms with Crippen LogP contribution >= 0.6 is 0 Å². The van der Waals surface area contributed by atoms with Crippen molar-refractivity contribution in [1.29, 1.82) is 0 Å². The van der Waals surface area contributed by atoms with Crippen LogP contribution < -0.4 is 20.7 Å². The molecule has 2 heterocycles. The monoisotopic (exact) mass is 1430 g/mol. The molecule has 108 heavy (non-hydrogen) atoms. The zero-order chi connectivity index (χ0) is 76.5. The lowest BCUT2D eigenvalue weighted by atomic mass is 9.78. The number of hydrogen-bond acceptors (Lipinski definition) is 6. The van der Waals surface area contributed by atoms with E-state index >= 15 is 0 Å². The van der Waals surface area contributed by atoms with E-state index in [0.717, 1.165) is 93.0 Å². The van der Waals surface area contributed by atoms with Crippen LogP contribution in [0.4, 0.5) is 34.1 Å². The van der Waals surface area contributed by atoms with E-state index in [1.807, 2.05) is 0 Å². The van der Waals surface area contributed by atoms with E-state index in [2.05, 4.69) is 377 Å². The van der Waals surface area contributed by atoms with E-state index in [4.69, 9.17) is 18.6 Å². The first-order valence-electron chi connectivity index (χ1n) is 40.0. The highest BCUT2D eigenvalue weighted by atomic mass is 16.7. The molecule has 554 valence electrons. The van der Waals surface area contributed by atoms with Crippen molar-refractivity contribution < 1.29 is 18.6 Å². The van der Waals surface area contributed by atoms with Gasteiger partial charge in [0.2, 0.25) is 0 Å². The smallest absolute Gasteiger partial charge is 0.399 e. The minimum absolute atomic E-state index is 0.0823. The first-order valence-corrected chi connectivity index (χ1v) is 40.0. The Bertz CT molecular complexity index is 4540. The van der Waals surface area contributed by atoms with Crippen molar-refractivity contribution in [2.45, 2.75) is 222 Å². The Morgan fingerprint density at radius 1 is 0.278 bits per heavy atom. The Morgan fingerprint density at radius 3 is 0.759 bits per heavy atom. The predicted molar refractivity (Wildman–Crippen MR) is 462 cm³/mol. The summed E-state index contributed by atoms with van der Waals surface area (Å²) in [5.41, 5.74) is 29.9. The Kier molecular flexibility index (Phi) is 22.5. The minimum Gasteiger partial charge on any atom is -0.399 e. The molecule has 2 saturated heterocycles. The van der Waals surface area contributed by atoms with Crippen molar-refractivity contribution in [2.75, 3.05) is 9.80 Å². The maximum Gasteiger partial charge on any atom is 0.494 e. The zero-order valence-electron chi connectivity index (χ0n) is 67.8. The fourth-order valence-corrected chi connectivity index (χ4v) is 15.3. The topological polar surface area (TPSA) is 43.4 Å². The highest BCUT2D eigenvalue weighted by molar-refractivity contribution is 6.62. The molecule has 11 aromatic rings. The van der Waals surface area contributed by atoms with Gasteiger partial charge in [-0.15, -0.1) is 0 Å². The average molecular weight is 1430 g/mol. The van der Waals surface area contributed by atoms with Gasteiger partial charge in [-0.2, -0.15) is 0 Å². The van der Waals surface area contributed by atoms with E-state index in [1.54, 1.807) is 0 Å². The molecule has 0 spiro atoms. The number of rotatable bonds is 24. The number of anilines is 6. The second-order valence-corrected chi connectivity index (χ2v) is 34.7. The zero-order valence-corrected chi connectivity index (χ0v) is 67.8. The van der Waals surface area contributed by atoms with Gasteiger partial charge >= 0.3 is 14.2 Å². The lowest BCUT2D eigenvalue weighted by Crippen LogP contribution is -2.41. The van der Waals surface area contributed by atoms with Crippen LogP contribution in [-0.4, -0.2) is 36.6 Å². The van der Waals surface area contributed by atoms with Crippen molar-refractivity contribution >= 4 is 59.3 Å². The van der Waals surface area contributed by atoms with E-state index in [0.29, 0.717) is 0 Å². The molecule has 0 atom stereocenters. The van der Waals surface area contributed by atoms with Crippen LogP contribution in [-0.2, 0) is 42.3 Å². The van der Waals surface area contributed by atoms with Crippen molar-refractivity contribution in [3.05, 3.63) is 276 Å². The summed E-state index contributed by atoms with van der Waals surface area (Å²) in [4.78, 5) is 4.85. The van der Waals surface area contributed by atoms with Crippen LogP contribution in [0, 0.1) is 13.8 Å². The van der Waals surface area contributed by atoms with Gasteiger partial charge in [0.15, 0.2) is 0 Å². The number of benzene rings is 11. The van der Waals surface area contributed by atoms with Gasteiger partial charge in [-0.25, -0.2) is 0 Å². The van der Waals surface area contributed by atoms with Gasteiger partial charge in [0, 0.05) is 34.1 Å². The van der Waals surface area contributed by atoms with Crippen LogP contribution in [0.1, 0.15) is 196 Å².